The molecule has 1 aromatic carbocycles. The summed E-state index contributed by atoms with van der Waals surface area (Å²) in [7, 11) is 0. The lowest BCUT2D eigenvalue weighted by Crippen LogP contribution is -2.22. The number of halogens is 1. The van der Waals surface area contributed by atoms with Crippen molar-refractivity contribution in [3.8, 4) is 0 Å². The fourth-order valence-electron chi connectivity index (χ4n) is 3.23. The van der Waals surface area contributed by atoms with Crippen LogP contribution in [0.4, 0.5) is 16.7 Å². The molecule has 5 rings (SSSR count). The Bertz CT molecular complexity index is 1220. The molecule has 31 heavy (non-hydrogen) atoms. The van der Waals surface area contributed by atoms with Crippen LogP contribution in [0.3, 0.4) is 0 Å². The van der Waals surface area contributed by atoms with Crippen molar-refractivity contribution in [3.63, 3.8) is 0 Å². The van der Waals surface area contributed by atoms with Crippen LogP contribution in [0.25, 0.3) is 11.7 Å². The van der Waals surface area contributed by atoms with Gasteiger partial charge in [-0.05, 0) is 43.5 Å². The number of nitrogens with zero attached hydrogens (tertiary/aromatic N) is 4. The second-order valence-electron chi connectivity index (χ2n) is 7.51. The third-order valence-corrected chi connectivity index (χ3v) is 5.57. The molecular weight excluding hydrogens is 464 g/mol. The van der Waals surface area contributed by atoms with Crippen LogP contribution in [0.15, 0.2) is 40.6 Å². The minimum atomic E-state index is -0.552. The van der Waals surface area contributed by atoms with E-state index in [0.29, 0.717) is 29.1 Å². The normalized spacial score (nSPS) is 18.2. The van der Waals surface area contributed by atoms with Crippen LogP contribution in [-0.2, 0) is 4.79 Å². The van der Waals surface area contributed by atoms with E-state index < -0.39 is 11.9 Å². The Morgan fingerprint density at radius 3 is 2.65 bits per heavy atom. The van der Waals surface area contributed by atoms with Gasteiger partial charge in [0.15, 0.2) is 5.65 Å². The standard InChI is InChI=1S/C20H19BrN8O2/c1-10(11-2-4-13(21)5-3-11)23-18-26-16-12(8-15-17(30)27-20(31)25-15)9-22-29(16)19(28-18)24-14-6-7-14/h2-5,8-10,14H,6-7H2,1H3,(H2,23,24,26,28)(H2,25,27,30,31)/b15-8-/t10-/m0/s1. The van der Waals surface area contributed by atoms with Gasteiger partial charge in [0.2, 0.25) is 11.9 Å². The molecule has 1 saturated heterocycles. The maximum Gasteiger partial charge on any atom is 0.326 e. The molecule has 1 atom stereocenters. The molecule has 0 unspecified atom stereocenters. The molecule has 1 aliphatic heterocycles. The Balaban J connectivity index is 1.52. The van der Waals surface area contributed by atoms with E-state index in [1.807, 2.05) is 31.2 Å². The SMILES string of the molecule is C[C@H](Nc1nc(NC2CC2)n2ncc(/C=C3\NC(=O)NC3=O)c2n1)c1ccc(Br)cc1. The van der Waals surface area contributed by atoms with Crippen molar-refractivity contribution in [3.05, 3.63) is 51.8 Å². The first-order valence-corrected chi connectivity index (χ1v) is 10.6. The van der Waals surface area contributed by atoms with E-state index in [9.17, 15) is 9.59 Å². The first-order valence-electron chi connectivity index (χ1n) is 9.84. The van der Waals surface area contributed by atoms with Crippen molar-refractivity contribution in [2.45, 2.75) is 31.8 Å². The molecule has 3 aromatic rings. The summed E-state index contributed by atoms with van der Waals surface area (Å²) in [6.45, 7) is 2.03. The van der Waals surface area contributed by atoms with Gasteiger partial charge >= 0.3 is 6.03 Å². The molecule has 10 nitrogen and oxygen atoms in total. The first kappa shape index (κ1) is 19.5. The highest BCUT2D eigenvalue weighted by Gasteiger charge is 2.26. The number of nitrogens with one attached hydrogen (secondary N) is 4. The predicted octanol–water partition coefficient (Wildman–Crippen LogP) is 2.81. The zero-order chi connectivity index (χ0) is 21.5. The molecule has 3 heterocycles. The number of hydrogen-bond acceptors (Lipinski definition) is 7. The molecule has 1 aliphatic carbocycles. The summed E-state index contributed by atoms with van der Waals surface area (Å²) >= 11 is 3.45. The number of imide groups is 1. The van der Waals surface area contributed by atoms with Crippen LogP contribution in [0.2, 0.25) is 0 Å². The van der Waals surface area contributed by atoms with Crippen molar-refractivity contribution in [1.82, 2.24) is 30.2 Å². The third kappa shape index (κ3) is 4.08. The minimum Gasteiger partial charge on any atom is -0.351 e. The Morgan fingerprint density at radius 2 is 1.97 bits per heavy atom. The van der Waals surface area contributed by atoms with Gasteiger partial charge < -0.3 is 16.0 Å². The van der Waals surface area contributed by atoms with Gasteiger partial charge in [0.1, 0.15) is 5.70 Å². The maximum absolute atomic E-state index is 11.9. The van der Waals surface area contributed by atoms with Crippen LogP contribution in [-0.4, -0.2) is 37.6 Å². The summed E-state index contributed by atoms with van der Waals surface area (Å²) in [5.41, 5.74) is 2.34. The summed E-state index contributed by atoms with van der Waals surface area (Å²) in [6, 6.07) is 7.80. The van der Waals surface area contributed by atoms with Crippen molar-refractivity contribution in [2.75, 3.05) is 10.6 Å². The van der Waals surface area contributed by atoms with Crippen molar-refractivity contribution < 1.29 is 9.59 Å². The lowest BCUT2D eigenvalue weighted by molar-refractivity contribution is -0.115. The lowest BCUT2D eigenvalue weighted by Gasteiger charge is -2.16. The minimum absolute atomic E-state index is 0.0334. The van der Waals surface area contributed by atoms with Crippen LogP contribution < -0.4 is 21.3 Å². The molecule has 0 radical (unpaired) electrons. The fraction of sp³-hybridized carbons (Fsp3) is 0.250. The second-order valence-corrected chi connectivity index (χ2v) is 8.42. The summed E-state index contributed by atoms with van der Waals surface area (Å²) in [6.07, 6.45) is 5.30. The van der Waals surface area contributed by atoms with E-state index in [4.69, 9.17) is 0 Å². The smallest absolute Gasteiger partial charge is 0.326 e. The average Bonchev–Trinajstić information content (AvgIpc) is 3.37. The van der Waals surface area contributed by atoms with E-state index >= 15 is 0 Å². The molecule has 0 spiro atoms. The second kappa shape index (κ2) is 7.65. The molecule has 0 bridgehead atoms. The van der Waals surface area contributed by atoms with E-state index in [1.165, 1.54) is 0 Å². The fourth-order valence-corrected chi connectivity index (χ4v) is 3.50. The molecule has 2 aliphatic rings. The Labute approximate surface area is 185 Å². The number of carbonyl (C=O) groups is 2. The average molecular weight is 483 g/mol. The van der Waals surface area contributed by atoms with Gasteiger partial charge in [-0.25, -0.2) is 4.79 Å². The highest BCUT2D eigenvalue weighted by atomic mass is 79.9. The molecule has 2 fully saturated rings. The molecule has 158 valence electrons. The summed E-state index contributed by atoms with van der Waals surface area (Å²) < 4.78 is 2.62. The van der Waals surface area contributed by atoms with E-state index in [1.54, 1.807) is 16.8 Å². The van der Waals surface area contributed by atoms with Crippen LogP contribution >= 0.6 is 15.9 Å². The van der Waals surface area contributed by atoms with Gasteiger partial charge in [-0.1, -0.05) is 28.1 Å². The lowest BCUT2D eigenvalue weighted by atomic mass is 10.1. The van der Waals surface area contributed by atoms with Gasteiger partial charge in [-0.2, -0.15) is 19.6 Å². The Kier molecular flexibility index (Phi) is 4.81. The third-order valence-electron chi connectivity index (χ3n) is 5.04. The van der Waals surface area contributed by atoms with E-state index in [-0.39, 0.29) is 11.7 Å². The van der Waals surface area contributed by atoms with Gasteiger partial charge in [0.25, 0.3) is 5.91 Å². The molecule has 4 N–H and O–H groups in total. The summed E-state index contributed by atoms with van der Waals surface area (Å²) in [5.74, 6) is 0.519. The van der Waals surface area contributed by atoms with Crippen LogP contribution in [0.1, 0.15) is 36.9 Å². The number of carbonyl (C=O) groups excluding carboxylic acids is 2. The zero-order valence-electron chi connectivity index (χ0n) is 16.5. The number of aromatic nitrogens is 4. The molecule has 2 aromatic heterocycles. The van der Waals surface area contributed by atoms with Gasteiger partial charge in [-0.3, -0.25) is 10.1 Å². The number of benzene rings is 1. The van der Waals surface area contributed by atoms with Crippen molar-refractivity contribution in [2.24, 2.45) is 0 Å². The maximum atomic E-state index is 11.9. The number of fused-ring (bicyclic) bond motifs is 1. The number of hydrogen-bond donors (Lipinski definition) is 4. The quantitative estimate of drug-likeness (QED) is 0.314. The van der Waals surface area contributed by atoms with Crippen molar-refractivity contribution >= 4 is 51.5 Å². The van der Waals surface area contributed by atoms with Gasteiger partial charge in [-0.15, -0.1) is 0 Å². The van der Waals surface area contributed by atoms with Gasteiger partial charge in [0, 0.05) is 16.1 Å². The number of amides is 3. The topological polar surface area (TPSA) is 125 Å². The largest absolute Gasteiger partial charge is 0.351 e. The predicted molar refractivity (Wildman–Crippen MR) is 118 cm³/mol. The van der Waals surface area contributed by atoms with Crippen LogP contribution in [0, 0.1) is 0 Å². The molecule has 11 heteroatoms. The summed E-state index contributed by atoms with van der Waals surface area (Å²) in [5, 5.41) is 15.8. The van der Waals surface area contributed by atoms with E-state index in [0.717, 1.165) is 22.9 Å². The molecular formula is C20H19BrN8O2. The number of anilines is 2. The van der Waals surface area contributed by atoms with Gasteiger partial charge in [0.05, 0.1) is 12.2 Å². The molecule has 1 saturated carbocycles. The summed E-state index contributed by atoms with van der Waals surface area (Å²) in [4.78, 5) is 32.6. The number of rotatable bonds is 6. The van der Waals surface area contributed by atoms with E-state index in [2.05, 4.69) is 52.3 Å². The monoisotopic (exact) mass is 482 g/mol. The Morgan fingerprint density at radius 1 is 1.19 bits per heavy atom. The first-order chi connectivity index (χ1) is 15.0. The molecule has 3 amide bonds. The highest BCUT2D eigenvalue weighted by molar-refractivity contribution is 9.10. The Hall–Kier alpha value is -3.47. The number of urea groups is 1. The highest BCUT2D eigenvalue weighted by Crippen LogP contribution is 2.27. The van der Waals surface area contributed by atoms with Crippen molar-refractivity contribution in [1.29, 1.82) is 0 Å². The van der Waals surface area contributed by atoms with Crippen LogP contribution in [0.5, 0.6) is 0 Å². The zero-order valence-corrected chi connectivity index (χ0v) is 18.1.